The van der Waals surface area contributed by atoms with Crippen molar-refractivity contribution < 1.29 is 9.72 Å². The molecule has 2 aromatic carbocycles. The molecule has 0 aliphatic rings. The molecule has 7 nitrogen and oxygen atoms in total. The standard InChI is InChI=1S/C15H10N4O3/c20-15(11-4-2-1-3-5-11)13-8-12(19(21)22)6-7-14(13)18-9-16-17-10-18/h1-10H. The molecule has 108 valence electrons. The fraction of sp³-hybridized carbons (Fsp3) is 0. The largest absolute Gasteiger partial charge is 0.289 e. The summed E-state index contributed by atoms with van der Waals surface area (Å²) in [5.41, 5.74) is 1.03. The zero-order chi connectivity index (χ0) is 15.5. The summed E-state index contributed by atoms with van der Waals surface area (Å²) in [6.45, 7) is 0. The average molecular weight is 294 g/mol. The summed E-state index contributed by atoms with van der Waals surface area (Å²) in [6.07, 6.45) is 2.87. The normalized spacial score (nSPS) is 10.4. The maximum atomic E-state index is 12.7. The van der Waals surface area contributed by atoms with Crippen LogP contribution in [0.25, 0.3) is 5.69 Å². The van der Waals surface area contributed by atoms with Crippen LogP contribution in [0.3, 0.4) is 0 Å². The van der Waals surface area contributed by atoms with Crippen LogP contribution >= 0.6 is 0 Å². The Bertz CT molecular complexity index is 829. The number of nitro groups is 1. The Kier molecular flexibility index (Phi) is 3.45. The van der Waals surface area contributed by atoms with E-state index in [4.69, 9.17) is 0 Å². The molecule has 0 aliphatic heterocycles. The molecular formula is C15H10N4O3. The van der Waals surface area contributed by atoms with Gasteiger partial charge in [0.1, 0.15) is 12.7 Å². The van der Waals surface area contributed by atoms with Gasteiger partial charge < -0.3 is 0 Å². The summed E-state index contributed by atoms with van der Waals surface area (Å²) < 4.78 is 1.54. The lowest BCUT2D eigenvalue weighted by molar-refractivity contribution is -0.384. The van der Waals surface area contributed by atoms with Gasteiger partial charge in [0.15, 0.2) is 5.78 Å². The van der Waals surface area contributed by atoms with Gasteiger partial charge in [0.05, 0.1) is 16.2 Å². The van der Waals surface area contributed by atoms with Crippen LogP contribution in [0.4, 0.5) is 5.69 Å². The Labute approximate surface area is 125 Å². The van der Waals surface area contributed by atoms with E-state index in [1.807, 2.05) is 0 Å². The first-order chi connectivity index (χ1) is 10.7. The quantitative estimate of drug-likeness (QED) is 0.418. The highest BCUT2D eigenvalue weighted by Gasteiger charge is 2.19. The summed E-state index contributed by atoms with van der Waals surface area (Å²) in [4.78, 5) is 23.1. The molecule has 1 aromatic heterocycles. The van der Waals surface area contributed by atoms with Crippen molar-refractivity contribution in [2.24, 2.45) is 0 Å². The van der Waals surface area contributed by atoms with Crippen molar-refractivity contribution in [2.75, 3.05) is 0 Å². The fourth-order valence-electron chi connectivity index (χ4n) is 2.11. The van der Waals surface area contributed by atoms with Crippen molar-refractivity contribution in [3.63, 3.8) is 0 Å². The van der Waals surface area contributed by atoms with E-state index in [0.29, 0.717) is 11.3 Å². The molecule has 1 heterocycles. The zero-order valence-corrected chi connectivity index (χ0v) is 11.3. The highest BCUT2D eigenvalue weighted by Crippen LogP contribution is 2.23. The van der Waals surface area contributed by atoms with Crippen molar-refractivity contribution in [1.82, 2.24) is 14.8 Å². The summed E-state index contributed by atoms with van der Waals surface area (Å²) >= 11 is 0. The Morgan fingerprint density at radius 2 is 1.73 bits per heavy atom. The highest BCUT2D eigenvalue weighted by atomic mass is 16.6. The van der Waals surface area contributed by atoms with E-state index < -0.39 is 4.92 Å². The molecule has 0 amide bonds. The second-order valence-electron chi connectivity index (χ2n) is 4.52. The van der Waals surface area contributed by atoms with Crippen LogP contribution in [0.1, 0.15) is 15.9 Å². The monoisotopic (exact) mass is 294 g/mol. The van der Waals surface area contributed by atoms with E-state index in [1.54, 1.807) is 34.9 Å². The van der Waals surface area contributed by atoms with Crippen molar-refractivity contribution >= 4 is 11.5 Å². The van der Waals surface area contributed by atoms with Crippen molar-refractivity contribution in [3.8, 4) is 5.69 Å². The molecule has 0 spiro atoms. The number of non-ortho nitro benzene ring substituents is 1. The van der Waals surface area contributed by atoms with Gasteiger partial charge >= 0.3 is 0 Å². The predicted molar refractivity (Wildman–Crippen MR) is 77.9 cm³/mol. The molecule has 0 fully saturated rings. The third kappa shape index (κ3) is 2.47. The Morgan fingerprint density at radius 1 is 1.05 bits per heavy atom. The number of carbonyl (C=O) groups excluding carboxylic acids is 1. The zero-order valence-electron chi connectivity index (χ0n) is 11.3. The minimum absolute atomic E-state index is 0.142. The van der Waals surface area contributed by atoms with Gasteiger partial charge in [-0.25, -0.2) is 0 Å². The summed E-state index contributed by atoms with van der Waals surface area (Å²) in [6, 6.07) is 12.7. The topological polar surface area (TPSA) is 90.9 Å². The van der Waals surface area contributed by atoms with Crippen LogP contribution < -0.4 is 0 Å². The smallest absolute Gasteiger partial charge is 0.270 e. The fourth-order valence-corrected chi connectivity index (χ4v) is 2.11. The van der Waals surface area contributed by atoms with E-state index in [9.17, 15) is 14.9 Å². The first kappa shape index (κ1) is 13.6. The average Bonchev–Trinajstić information content (AvgIpc) is 3.08. The van der Waals surface area contributed by atoms with Gasteiger partial charge in [-0.1, -0.05) is 30.3 Å². The van der Waals surface area contributed by atoms with E-state index in [1.165, 1.54) is 30.9 Å². The number of carbonyl (C=O) groups is 1. The molecule has 0 aliphatic carbocycles. The lowest BCUT2D eigenvalue weighted by Crippen LogP contribution is -2.07. The van der Waals surface area contributed by atoms with Crippen LogP contribution in [-0.2, 0) is 0 Å². The summed E-state index contributed by atoms with van der Waals surface area (Å²) in [5.74, 6) is -0.298. The minimum atomic E-state index is -0.530. The molecule has 0 N–H and O–H groups in total. The molecule has 7 heteroatoms. The second kappa shape index (κ2) is 5.57. The number of rotatable bonds is 4. The minimum Gasteiger partial charge on any atom is -0.289 e. The molecule has 0 bridgehead atoms. The molecular weight excluding hydrogens is 284 g/mol. The molecule has 0 saturated heterocycles. The lowest BCUT2D eigenvalue weighted by atomic mass is 10.0. The maximum absolute atomic E-state index is 12.7. The van der Waals surface area contributed by atoms with Crippen molar-refractivity contribution in [2.45, 2.75) is 0 Å². The summed E-state index contributed by atoms with van der Waals surface area (Å²) in [7, 11) is 0. The van der Waals surface area contributed by atoms with Gasteiger partial charge in [-0.3, -0.25) is 19.5 Å². The van der Waals surface area contributed by atoms with Gasteiger partial charge in [-0.2, -0.15) is 0 Å². The molecule has 0 atom stereocenters. The van der Waals surface area contributed by atoms with Crippen LogP contribution in [0.2, 0.25) is 0 Å². The second-order valence-corrected chi connectivity index (χ2v) is 4.52. The Morgan fingerprint density at radius 3 is 2.36 bits per heavy atom. The van der Waals surface area contributed by atoms with Crippen LogP contribution in [-0.4, -0.2) is 25.5 Å². The first-order valence-electron chi connectivity index (χ1n) is 6.40. The molecule has 0 saturated carbocycles. The third-order valence-electron chi connectivity index (χ3n) is 3.17. The first-order valence-corrected chi connectivity index (χ1v) is 6.40. The van der Waals surface area contributed by atoms with Crippen LogP contribution in [0, 0.1) is 10.1 Å². The number of nitro benzene ring substituents is 1. The number of hydrogen-bond donors (Lipinski definition) is 0. The molecule has 0 unspecified atom stereocenters. The van der Waals surface area contributed by atoms with Gasteiger partial charge in [0, 0.05) is 17.7 Å². The van der Waals surface area contributed by atoms with Gasteiger partial charge in [-0.15, -0.1) is 10.2 Å². The van der Waals surface area contributed by atoms with Gasteiger partial charge in [0.2, 0.25) is 0 Å². The third-order valence-corrected chi connectivity index (χ3v) is 3.17. The molecule has 3 aromatic rings. The number of nitrogens with zero attached hydrogens (tertiary/aromatic N) is 4. The summed E-state index contributed by atoms with van der Waals surface area (Å²) in [5, 5.41) is 18.4. The number of aromatic nitrogens is 3. The molecule has 3 rings (SSSR count). The van der Waals surface area contributed by atoms with E-state index >= 15 is 0 Å². The highest BCUT2D eigenvalue weighted by molar-refractivity contribution is 6.11. The van der Waals surface area contributed by atoms with Gasteiger partial charge in [0.25, 0.3) is 5.69 Å². The van der Waals surface area contributed by atoms with E-state index in [2.05, 4.69) is 10.2 Å². The SMILES string of the molecule is O=C(c1ccccc1)c1cc([N+](=O)[O-])ccc1-n1cnnc1. The van der Waals surface area contributed by atoms with Crippen LogP contribution in [0.15, 0.2) is 61.2 Å². The van der Waals surface area contributed by atoms with Crippen molar-refractivity contribution in [3.05, 3.63) is 82.4 Å². The van der Waals surface area contributed by atoms with Crippen LogP contribution in [0.5, 0.6) is 0 Å². The Hall–Kier alpha value is -3.35. The molecule has 0 radical (unpaired) electrons. The number of ketones is 1. The molecule has 22 heavy (non-hydrogen) atoms. The number of hydrogen-bond acceptors (Lipinski definition) is 5. The number of benzene rings is 2. The van der Waals surface area contributed by atoms with Gasteiger partial charge in [-0.05, 0) is 6.07 Å². The van der Waals surface area contributed by atoms with Crippen molar-refractivity contribution in [1.29, 1.82) is 0 Å². The Balaban J connectivity index is 2.17. The van der Waals surface area contributed by atoms with E-state index in [0.717, 1.165) is 0 Å². The van der Waals surface area contributed by atoms with E-state index in [-0.39, 0.29) is 17.0 Å². The lowest BCUT2D eigenvalue weighted by Gasteiger charge is -2.09. The maximum Gasteiger partial charge on any atom is 0.270 e. The predicted octanol–water partition coefficient (Wildman–Crippen LogP) is 2.41.